The number of nitrogens with one attached hydrogen (secondary N) is 1. The maximum Gasteiger partial charge on any atom is 0.317 e. The first kappa shape index (κ1) is 17.6. The van der Waals surface area contributed by atoms with Crippen LogP contribution in [0.3, 0.4) is 0 Å². The number of carbonyl (C=O) groups is 2. The van der Waals surface area contributed by atoms with Crippen molar-refractivity contribution in [2.24, 2.45) is 0 Å². The number of carboxylic acid groups (broad SMARTS) is 1. The van der Waals surface area contributed by atoms with E-state index in [-0.39, 0.29) is 24.4 Å². The van der Waals surface area contributed by atoms with E-state index in [1.165, 1.54) is 0 Å². The zero-order valence-corrected chi connectivity index (χ0v) is 14.0. The largest absolute Gasteiger partial charge is 0.496 e. The van der Waals surface area contributed by atoms with Crippen molar-refractivity contribution in [1.29, 1.82) is 0 Å². The van der Waals surface area contributed by atoms with E-state index in [1.807, 2.05) is 6.92 Å². The normalized spacial score (nSPS) is 20.6. The van der Waals surface area contributed by atoms with E-state index in [9.17, 15) is 9.59 Å². The Morgan fingerprint density at radius 1 is 1.48 bits per heavy atom. The molecule has 1 aliphatic heterocycles. The molecule has 2 rings (SSSR count). The summed E-state index contributed by atoms with van der Waals surface area (Å²) in [6, 6.07) is 5.20. The number of likely N-dealkylation sites (tertiary alicyclic amines) is 1. The van der Waals surface area contributed by atoms with Gasteiger partial charge in [-0.25, -0.2) is 0 Å². The highest BCUT2D eigenvalue weighted by Gasteiger charge is 2.36. The maximum atomic E-state index is 12.5. The third-order valence-corrected chi connectivity index (χ3v) is 4.31. The van der Waals surface area contributed by atoms with E-state index < -0.39 is 5.97 Å². The first-order chi connectivity index (χ1) is 10.8. The lowest BCUT2D eigenvalue weighted by Crippen LogP contribution is -2.47. The molecule has 1 saturated heterocycles. The van der Waals surface area contributed by atoms with Gasteiger partial charge in [-0.1, -0.05) is 11.6 Å². The minimum absolute atomic E-state index is 0.0218. The van der Waals surface area contributed by atoms with Crippen molar-refractivity contribution in [2.75, 3.05) is 26.7 Å². The van der Waals surface area contributed by atoms with E-state index in [0.29, 0.717) is 23.9 Å². The van der Waals surface area contributed by atoms with Crippen LogP contribution in [0, 0.1) is 0 Å². The Bertz CT molecular complexity index is 608. The van der Waals surface area contributed by atoms with Crippen LogP contribution in [0.15, 0.2) is 18.2 Å². The number of amides is 1. The standard InChI is InChI=1S/C16H21ClN2O4/c1-16(18-9-15(21)22)5-6-19(10-16)14(20)8-11-7-12(17)3-4-13(11)23-2/h3-4,7,18H,5-6,8-10H2,1-2H3,(H,21,22)/t16-/m0/s1. The Morgan fingerprint density at radius 3 is 2.87 bits per heavy atom. The van der Waals surface area contributed by atoms with Crippen LogP contribution in [0.1, 0.15) is 18.9 Å². The lowest BCUT2D eigenvalue weighted by Gasteiger charge is -2.25. The number of hydrogen-bond acceptors (Lipinski definition) is 4. The van der Waals surface area contributed by atoms with Gasteiger partial charge in [0.1, 0.15) is 5.75 Å². The van der Waals surface area contributed by atoms with Gasteiger partial charge in [-0.3, -0.25) is 14.9 Å². The molecule has 0 unspecified atom stereocenters. The highest BCUT2D eigenvalue weighted by molar-refractivity contribution is 6.30. The number of carbonyl (C=O) groups excluding carboxylic acids is 1. The lowest BCUT2D eigenvalue weighted by molar-refractivity contribution is -0.136. The minimum Gasteiger partial charge on any atom is -0.496 e. The first-order valence-electron chi connectivity index (χ1n) is 7.40. The number of methoxy groups -OCH3 is 1. The van der Waals surface area contributed by atoms with E-state index in [1.54, 1.807) is 30.2 Å². The van der Waals surface area contributed by atoms with Crippen LogP contribution < -0.4 is 10.1 Å². The molecule has 0 saturated carbocycles. The van der Waals surface area contributed by atoms with Gasteiger partial charge in [-0.15, -0.1) is 0 Å². The molecule has 7 heteroatoms. The van der Waals surface area contributed by atoms with Crippen molar-refractivity contribution >= 4 is 23.5 Å². The van der Waals surface area contributed by atoms with Gasteiger partial charge < -0.3 is 14.7 Å². The van der Waals surface area contributed by atoms with Gasteiger partial charge in [-0.2, -0.15) is 0 Å². The van der Waals surface area contributed by atoms with Crippen molar-refractivity contribution in [1.82, 2.24) is 10.2 Å². The highest BCUT2D eigenvalue weighted by atomic mass is 35.5. The summed E-state index contributed by atoms with van der Waals surface area (Å²) in [5.74, 6) is -0.292. The Hall–Kier alpha value is -1.79. The number of halogens is 1. The number of benzene rings is 1. The molecule has 1 aromatic carbocycles. The summed E-state index contributed by atoms with van der Waals surface area (Å²) in [7, 11) is 1.56. The third-order valence-electron chi connectivity index (χ3n) is 4.08. The van der Waals surface area contributed by atoms with Crippen LogP contribution in [0.4, 0.5) is 0 Å². The number of aliphatic carboxylic acids is 1. The molecule has 1 amide bonds. The Labute approximate surface area is 140 Å². The molecule has 2 N–H and O–H groups in total. The van der Waals surface area contributed by atoms with E-state index in [2.05, 4.69) is 5.32 Å². The van der Waals surface area contributed by atoms with Gasteiger partial charge in [0.25, 0.3) is 0 Å². The average Bonchev–Trinajstić information content (AvgIpc) is 2.89. The van der Waals surface area contributed by atoms with Crippen molar-refractivity contribution in [3.05, 3.63) is 28.8 Å². The van der Waals surface area contributed by atoms with Gasteiger partial charge in [0, 0.05) is 29.2 Å². The molecule has 6 nitrogen and oxygen atoms in total. The van der Waals surface area contributed by atoms with Crippen LogP contribution in [-0.4, -0.2) is 54.2 Å². The van der Waals surface area contributed by atoms with Crippen LogP contribution >= 0.6 is 11.6 Å². The third kappa shape index (κ3) is 4.59. The van der Waals surface area contributed by atoms with Crippen LogP contribution in [0.5, 0.6) is 5.75 Å². The fourth-order valence-electron chi connectivity index (χ4n) is 2.77. The molecule has 0 spiro atoms. The van der Waals surface area contributed by atoms with Gasteiger partial charge >= 0.3 is 5.97 Å². The molecule has 1 aliphatic rings. The second kappa shape index (κ2) is 7.19. The molecule has 1 heterocycles. The Kier molecular flexibility index (Phi) is 5.49. The van der Waals surface area contributed by atoms with Crippen LogP contribution in [0.25, 0.3) is 0 Å². The number of hydrogen-bond donors (Lipinski definition) is 2. The van der Waals surface area contributed by atoms with Crippen molar-refractivity contribution in [2.45, 2.75) is 25.3 Å². The molecule has 1 atom stereocenters. The van der Waals surface area contributed by atoms with E-state index in [0.717, 1.165) is 12.0 Å². The summed E-state index contributed by atoms with van der Waals surface area (Å²) in [5.41, 5.74) is 0.379. The van der Waals surface area contributed by atoms with Crippen molar-refractivity contribution in [3.63, 3.8) is 0 Å². The molecule has 0 aliphatic carbocycles. The molecular formula is C16H21ClN2O4. The maximum absolute atomic E-state index is 12.5. The fourth-order valence-corrected chi connectivity index (χ4v) is 2.96. The predicted molar refractivity (Wildman–Crippen MR) is 86.9 cm³/mol. The number of ether oxygens (including phenoxy) is 1. The number of carboxylic acids is 1. The second-order valence-electron chi connectivity index (χ2n) is 6.01. The Balaban J connectivity index is 2.00. The zero-order valence-electron chi connectivity index (χ0n) is 13.3. The molecule has 1 fully saturated rings. The molecule has 0 aromatic heterocycles. The smallest absolute Gasteiger partial charge is 0.317 e. The summed E-state index contributed by atoms with van der Waals surface area (Å²) >= 11 is 5.99. The topological polar surface area (TPSA) is 78.9 Å². The van der Waals surface area contributed by atoms with E-state index in [4.69, 9.17) is 21.4 Å². The molecule has 0 bridgehead atoms. The second-order valence-corrected chi connectivity index (χ2v) is 6.44. The lowest BCUT2D eigenvalue weighted by atomic mass is 10.0. The van der Waals surface area contributed by atoms with Crippen molar-refractivity contribution in [3.8, 4) is 5.75 Å². The average molecular weight is 341 g/mol. The quantitative estimate of drug-likeness (QED) is 0.821. The van der Waals surface area contributed by atoms with Gasteiger partial charge in [0.2, 0.25) is 5.91 Å². The van der Waals surface area contributed by atoms with Crippen molar-refractivity contribution < 1.29 is 19.4 Å². The summed E-state index contributed by atoms with van der Waals surface area (Å²) in [6.07, 6.45) is 0.928. The monoisotopic (exact) mass is 340 g/mol. The molecular weight excluding hydrogens is 320 g/mol. The molecule has 23 heavy (non-hydrogen) atoms. The first-order valence-corrected chi connectivity index (χ1v) is 7.78. The molecule has 126 valence electrons. The van der Waals surface area contributed by atoms with Crippen LogP contribution in [-0.2, 0) is 16.0 Å². The summed E-state index contributed by atoms with van der Waals surface area (Å²) in [4.78, 5) is 24.9. The summed E-state index contributed by atoms with van der Waals surface area (Å²) < 4.78 is 5.26. The highest BCUT2D eigenvalue weighted by Crippen LogP contribution is 2.26. The zero-order chi connectivity index (χ0) is 17.0. The minimum atomic E-state index is -0.903. The number of nitrogens with zero attached hydrogens (tertiary/aromatic N) is 1. The summed E-state index contributed by atoms with van der Waals surface area (Å²) in [5, 5.41) is 12.3. The molecule has 1 aromatic rings. The molecule has 0 radical (unpaired) electrons. The van der Waals surface area contributed by atoms with Crippen LogP contribution in [0.2, 0.25) is 5.02 Å². The van der Waals surface area contributed by atoms with Gasteiger partial charge in [-0.05, 0) is 31.5 Å². The fraction of sp³-hybridized carbons (Fsp3) is 0.500. The van der Waals surface area contributed by atoms with Gasteiger partial charge in [0.15, 0.2) is 0 Å². The predicted octanol–water partition coefficient (Wildman–Crippen LogP) is 1.56. The Morgan fingerprint density at radius 2 is 2.22 bits per heavy atom. The number of rotatable bonds is 6. The van der Waals surface area contributed by atoms with Gasteiger partial charge in [0.05, 0.1) is 20.1 Å². The SMILES string of the molecule is COc1ccc(Cl)cc1CC(=O)N1CC[C@](C)(NCC(=O)O)C1. The van der Waals surface area contributed by atoms with E-state index >= 15 is 0 Å². The summed E-state index contributed by atoms with van der Waals surface area (Å²) in [6.45, 7) is 2.91.